The van der Waals surface area contributed by atoms with E-state index in [1.54, 1.807) is 0 Å². The monoisotopic (exact) mass is 282 g/mol. The molecule has 0 saturated carbocycles. The minimum absolute atomic E-state index is 0.599. The highest BCUT2D eigenvalue weighted by Crippen LogP contribution is 2.29. The minimum atomic E-state index is 0.599. The first-order valence-electron chi connectivity index (χ1n) is 7.93. The van der Waals surface area contributed by atoms with Crippen LogP contribution < -0.4 is 5.32 Å². The summed E-state index contributed by atoms with van der Waals surface area (Å²) in [5.41, 5.74) is 5.54. The van der Waals surface area contributed by atoms with E-state index in [-0.39, 0.29) is 0 Å². The average molecular weight is 282 g/mol. The highest BCUT2D eigenvalue weighted by molar-refractivity contribution is 5.31. The molecule has 3 heterocycles. The van der Waals surface area contributed by atoms with Gasteiger partial charge in [-0.25, -0.2) is 0 Å². The molecule has 21 heavy (non-hydrogen) atoms. The Balaban J connectivity index is 1.52. The second kappa shape index (κ2) is 5.62. The van der Waals surface area contributed by atoms with Gasteiger partial charge in [-0.1, -0.05) is 30.3 Å². The highest BCUT2D eigenvalue weighted by atomic mass is 15.2. The van der Waals surface area contributed by atoms with Crippen LogP contribution in [0.5, 0.6) is 0 Å². The van der Waals surface area contributed by atoms with E-state index < -0.39 is 0 Å². The molecular formula is C17H22N4. The lowest BCUT2D eigenvalue weighted by molar-refractivity contribution is 0.243. The van der Waals surface area contributed by atoms with Crippen molar-refractivity contribution >= 4 is 0 Å². The van der Waals surface area contributed by atoms with Crippen LogP contribution in [0.2, 0.25) is 0 Å². The standard InChI is InChI=1S/C17H22N4/c1-2-4-13(5-3-1)11-21-9-7-16-15(12-21)17(20-19-16)14-6-8-18-10-14/h1-5,14,18H,6-12H2,(H,19,20). The van der Waals surface area contributed by atoms with Gasteiger partial charge >= 0.3 is 0 Å². The molecule has 0 amide bonds. The summed E-state index contributed by atoms with van der Waals surface area (Å²) in [5.74, 6) is 0.599. The number of benzene rings is 1. The quantitative estimate of drug-likeness (QED) is 0.905. The fourth-order valence-electron chi connectivity index (χ4n) is 3.58. The molecular weight excluding hydrogens is 260 g/mol. The molecule has 4 nitrogen and oxygen atoms in total. The Morgan fingerprint density at radius 3 is 2.95 bits per heavy atom. The molecule has 1 saturated heterocycles. The maximum absolute atomic E-state index is 4.63. The summed E-state index contributed by atoms with van der Waals surface area (Å²) in [6, 6.07) is 10.8. The second-order valence-electron chi connectivity index (χ2n) is 6.20. The lowest BCUT2D eigenvalue weighted by Crippen LogP contribution is -2.30. The largest absolute Gasteiger partial charge is 0.316 e. The molecule has 2 aliphatic heterocycles. The van der Waals surface area contributed by atoms with E-state index in [1.165, 1.54) is 28.9 Å². The minimum Gasteiger partial charge on any atom is -0.316 e. The third kappa shape index (κ3) is 2.61. The van der Waals surface area contributed by atoms with Crippen molar-refractivity contribution in [3.63, 3.8) is 0 Å². The number of aromatic nitrogens is 2. The molecule has 0 radical (unpaired) electrons. The first-order valence-corrected chi connectivity index (χ1v) is 7.93. The first-order chi connectivity index (χ1) is 10.4. The summed E-state index contributed by atoms with van der Waals surface area (Å²) < 4.78 is 0. The van der Waals surface area contributed by atoms with E-state index in [0.717, 1.165) is 39.1 Å². The van der Waals surface area contributed by atoms with Crippen molar-refractivity contribution in [1.29, 1.82) is 0 Å². The maximum atomic E-state index is 4.63. The predicted octanol–water partition coefficient (Wildman–Crippen LogP) is 2.04. The second-order valence-corrected chi connectivity index (χ2v) is 6.20. The van der Waals surface area contributed by atoms with E-state index in [1.807, 2.05) is 0 Å². The number of nitrogens with zero attached hydrogens (tertiary/aromatic N) is 2. The van der Waals surface area contributed by atoms with E-state index in [4.69, 9.17) is 0 Å². The third-order valence-electron chi connectivity index (χ3n) is 4.74. The fraction of sp³-hybridized carbons (Fsp3) is 0.471. The summed E-state index contributed by atoms with van der Waals surface area (Å²) in [6.45, 7) is 5.39. The molecule has 1 unspecified atom stereocenters. The Kier molecular flexibility index (Phi) is 3.49. The normalized spacial score (nSPS) is 22.4. The molecule has 2 N–H and O–H groups in total. The summed E-state index contributed by atoms with van der Waals surface area (Å²) >= 11 is 0. The average Bonchev–Trinajstić information content (AvgIpc) is 3.16. The van der Waals surface area contributed by atoms with Gasteiger partial charge < -0.3 is 5.32 Å². The molecule has 0 bridgehead atoms. The van der Waals surface area contributed by atoms with E-state index in [9.17, 15) is 0 Å². The number of hydrogen-bond donors (Lipinski definition) is 2. The van der Waals surface area contributed by atoms with Crippen LogP contribution in [0.15, 0.2) is 30.3 Å². The van der Waals surface area contributed by atoms with Crippen molar-refractivity contribution in [2.75, 3.05) is 19.6 Å². The van der Waals surface area contributed by atoms with Crippen molar-refractivity contribution in [1.82, 2.24) is 20.4 Å². The van der Waals surface area contributed by atoms with Gasteiger partial charge in [-0.15, -0.1) is 0 Å². The highest BCUT2D eigenvalue weighted by Gasteiger charge is 2.27. The van der Waals surface area contributed by atoms with Gasteiger partial charge in [0.2, 0.25) is 0 Å². The molecule has 110 valence electrons. The van der Waals surface area contributed by atoms with Gasteiger partial charge in [0.05, 0.1) is 5.69 Å². The SMILES string of the molecule is c1ccc(CN2CCc3[nH]nc(C4CCNC4)c3C2)cc1. The summed E-state index contributed by atoms with van der Waals surface area (Å²) in [6.07, 6.45) is 2.31. The van der Waals surface area contributed by atoms with E-state index in [2.05, 4.69) is 50.7 Å². The fourth-order valence-corrected chi connectivity index (χ4v) is 3.58. The number of aromatic amines is 1. The molecule has 0 spiro atoms. The van der Waals surface area contributed by atoms with Crippen LogP contribution in [0, 0.1) is 0 Å². The molecule has 4 heteroatoms. The molecule has 0 aliphatic carbocycles. The van der Waals surface area contributed by atoms with Crippen molar-refractivity contribution in [2.45, 2.75) is 31.8 Å². The Hall–Kier alpha value is -1.65. The number of rotatable bonds is 3. The van der Waals surface area contributed by atoms with Crippen LogP contribution in [0.4, 0.5) is 0 Å². The van der Waals surface area contributed by atoms with Gasteiger partial charge in [0, 0.05) is 49.8 Å². The summed E-state index contributed by atoms with van der Waals surface area (Å²) in [5, 5.41) is 11.4. The van der Waals surface area contributed by atoms with Crippen LogP contribution in [0.25, 0.3) is 0 Å². The zero-order valence-electron chi connectivity index (χ0n) is 12.3. The van der Waals surface area contributed by atoms with Crippen LogP contribution >= 0.6 is 0 Å². The van der Waals surface area contributed by atoms with Crippen molar-refractivity contribution in [2.24, 2.45) is 0 Å². The van der Waals surface area contributed by atoms with Gasteiger partial charge in [0.1, 0.15) is 0 Å². The van der Waals surface area contributed by atoms with Crippen LogP contribution in [-0.4, -0.2) is 34.7 Å². The molecule has 2 aromatic rings. The number of fused-ring (bicyclic) bond motifs is 1. The smallest absolute Gasteiger partial charge is 0.0714 e. The molecule has 1 fully saturated rings. The van der Waals surface area contributed by atoms with Gasteiger partial charge in [-0.2, -0.15) is 5.10 Å². The Morgan fingerprint density at radius 2 is 2.14 bits per heavy atom. The molecule has 1 aromatic carbocycles. The molecule has 1 aromatic heterocycles. The third-order valence-corrected chi connectivity index (χ3v) is 4.74. The van der Waals surface area contributed by atoms with Gasteiger partial charge in [0.15, 0.2) is 0 Å². The van der Waals surface area contributed by atoms with Crippen molar-refractivity contribution < 1.29 is 0 Å². The summed E-state index contributed by atoms with van der Waals surface area (Å²) in [7, 11) is 0. The topological polar surface area (TPSA) is 44.0 Å². The maximum Gasteiger partial charge on any atom is 0.0714 e. The number of H-pyrrole nitrogens is 1. The van der Waals surface area contributed by atoms with E-state index >= 15 is 0 Å². The zero-order chi connectivity index (χ0) is 14.1. The van der Waals surface area contributed by atoms with E-state index in [0.29, 0.717) is 5.92 Å². The van der Waals surface area contributed by atoms with Gasteiger partial charge in [-0.3, -0.25) is 10.00 Å². The number of nitrogens with one attached hydrogen (secondary N) is 2. The Morgan fingerprint density at radius 1 is 1.24 bits per heavy atom. The number of hydrogen-bond acceptors (Lipinski definition) is 3. The van der Waals surface area contributed by atoms with Crippen LogP contribution in [0.1, 0.15) is 34.9 Å². The van der Waals surface area contributed by atoms with Crippen LogP contribution in [0.3, 0.4) is 0 Å². The first kappa shape index (κ1) is 13.0. The van der Waals surface area contributed by atoms with Gasteiger partial charge in [0.25, 0.3) is 0 Å². The lowest BCUT2D eigenvalue weighted by atomic mass is 9.96. The lowest BCUT2D eigenvalue weighted by Gasteiger charge is -2.27. The summed E-state index contributed by atoms with van der Waals surface area (Å²) in [4.78, 5) is 2.54. The van der Waals surface area contributed by atoms with Crippen LogP contribution in [-0.2, 0) is 19.5 Å². The molecule has 4 rings (SSSR count). The predicted molar refractivity (Wildman–Crippen MR) is 83.1 cm³/mol. The van der Waals surface area contributed by atoms with Gasteiger partial charge in [-0.05, 0) is 18.5 Å². The Labute approximate surface area is 125 Å². The molecule has 1 atom stereocenters. The van der Waals surface area contributed by atoms with Crippen molar-refractivity contribution in [3.05, 3.63) is 52.8 Å². The molecule has 2 aliphatic rings. The zero-order valence-corrected chi connectivity index (χ0v) is 12.3. The van der Waals surface area contributed by atoms with Crippen molar-refractivity contribution in [3.8, 4) is 0 Å². The Bertz CT molecular complexity index is 599.